The lowest BCUT2D eigenvalue weighted by Crippen LogP contribution is -2.26. The molecule has 0 aromatic heterocycles. The fraction of sp³-hybridized carbons (Fsp3) is 0.533. The Morgan fingerprint density at radius 2 is 1.95 bits per heavy atom. The van der Waals surface area contributed by atoms with Gasteiger partial charge in [-0.05, 0) is 43.0 Å². The van der Waals surface area contributed by atoms with Crippen LogP contribution < -0.4 is 14.8 Å². The molecule has 1 fully saturated rings. The Balaban J connectivity index is 1.46. The van der Waals surface area contributed by atoms with E-state index < -0.39 is 0 Å². The van der Waals surface area contributed by atoms with Gasteiger partial charge in [-0.3, -0.25) is 4.79 Å². The van der Waals surface area contributed by atoms with Crippen LogP contribution in [0.2, 0.25) is 0 Å². The summed E-state index contributed by atoms with van der Waals surface area (Å²) in [4.78, 5) is 11.2. The third-order valence-corrected chi connectivity index (χ3v) is 3.86. The van der Waals surface area contributed by atoms with Crippen LogP contribution in [0.1, 0.15) is 31.2 Å². The van der Waals surface area contributed by atoms with Crippen LogP contribution >= 0.6 is 0 Å². The van der Waals surface area contributed by atoms with Crippen LogP contribution in [0.25, 0.3) is 0 Å². The second-order valence-electron chi connectivity index (χ2n) is 5.30. The molecule has 3 rings (SSSR count). The smallest absolute Gasteiger partial charge is 0.231 e. The van der Waals surface area contributed by atoms with Crippen molar-refractivity contribution in [2.75, 3.05) is 13.3 Å². The number of ether oxygens (including phenoxy) is 2. The highest BCUT2D eigenvalue weighted by atomic mass is 16.7. The van der Waals surface area contributed by atoms with E-state index in [2.05, 4.69) is 11.4 Å². The van der Waals surface area contributed by atoms with E-state index in [0.717, 1.165) is 50.3 Å². The van der Waals surface area contributed by atoms with E-state index in [4.69, 9.17) is 9.47 Å². The molecule has 0 radical (unpaired) electrons. The molecule has 1 aromatic carbocycles. The third-order valence-electron chi connectivity index (χ3n) is 3.86. The highest BCUT2D eigenvalue weighted by Crippen LogP contribution is 2.32. The largest absolute Gasteiger partial charge is 0.454 e. The van der Waals surface area contributed by atoms with E-state index in [0.29, 0.717) is 18.5 Å². The van der Waals surface area contributed by atoms with Crippen LogP contribution in [-0.4, -0.2) is 19.1 Å². The number of carbonyl (C=O) groups excluding carboxylic acids is 1. The molecule has 0 saturated heterocycles. The standard InChI is InChI=1S/C15H19NO3/c17-13-4-1-11(2-5-13)8-16-9-12-3-6-14-15(7-12)19-10-18-14/h3,6-7,11,16H,1-2,4-5,8-10H2. The summed E-state index contributed by atoms with van der Waals surface area (Å²) in [7, 11) is 0. The molecule has 4 heteroatoms. The van der Waals surface area contributed by atoms with E-state index in [9.17, 15) is 4.79 Å². The number of hydrogen-bond acceptors (Lipinski definition) is 4. The van der Waals surface area contributed by atoms with Crippen LogP contribution in [0, 0.1) is 5.92 Å². The summed E-state index contributed by atoms with van der Waals surface area (Å²) in [6.07, 6.45) is 3.59. The van der Waals surface area contributed by atoms with Gasteiger partial charge in [0.2, 0.25) is 6.79 Å². The molecular formula is C15H19NO3. The van der Waals surface area contributed by atoms with Gasteiger partial charge in [0.05, 0.1) is 0 Å². The Morgan fingerprint density at radius 1 is 1.16 bits per heavy atom. The summed E-state index contributed by atoms with van der Waals surface area (Å²) in [6, 6.07) is 6.04. The molecule has 19 heavy (non-hydrogen) atoms. The van der Waals surface area contributed by atoms with E-state index in [1.165, 1.54) is 5.56 Å². The fourth-order valence-electron chi connectivity index (χ4n) is 2.68. The average molecular weight is 261 g/mol. The molecule has 1 aliphatic heterocycles. The number of rotatable bonds is 4. The molecule has 0 atom stereocenters. The van der Waals surface area contributed by atoms with Gasteiger partial charge in [-0.2, -0.15) is 0 Å². The van der Waals surface area contributed by atoms with Crippen molar-refractivity contribution in [3.63, 3.8) is 0 Å². The Kier molecular flexibility index (Phi) is 3.69. The van der Waals surface area contributed by atoms with Crippen LogP contribution in [0.3, 0.4) is 0 Å². The highest BCUT2D eigenvalue weighted by molar-refractivity contribution is 5.79. The molecule has 1 heterocycles. The third kappa shape index (κ3) is 3.07. The number of ketones is 1. The van der Waals surface area contributed by atoms with Crippen molar-refractivity contribution in [3.8, 4) is 11.5 Å². The zero-order valence-electron chi connectivity index (χ0n) is 11.0. The van der Waals surface area contributed by atoms with Crippen LogP contribution in [-0.2, 0) is 11.3 Å². The molecule has 0 amide bonds. The SMILES string of the molecule is O=C1CCC(CNCc2ccc3c(c2)OCO3)CC1. The van der Waals surface area contributed by atoms with Gasteiger partial charge in [0.25, 0.3) is 0 Å². The summed E-state index contributed by atoms with van der Waals surface area (Å²) in [5, 5.41) is 3.47. The van der Waals surface area contributed by atoms with Gasteiger partial charge in [-0.15, -0.1) is 0 Å². The van der Waals surface area contributed by atoms with Crippen LogP contribution in [0.4, 0.5) is 0 Å². The van der Waals surface area contributed by atoms with Gasteiger partial charge >= 0.3 is 0 Å². The van der Waals surface area contributed by atoms with Gasteiger partial charge in [-0.25, -0.2) is 0 Å². The monoisotopic (exact) mass is 261 g/mol. The number of hydrogen-bond donors (Lipinski definition) is 1. The molecule has 4 nitrogen and oxygen atoms in total. The zero-order valence-corrected chi connectivity index (χ0v) is 11.0. The predicted octanol–water partition coefficient (Wildman–Crippen LogP) is 2.26. The highest BCUT2D eigenvalue weighted by Gasteiger charge is 2.18. The van der Waals surface area contributed by atoms with Gasteiger partial charge in [0.1, 0.15) is 5.78 Å². The summed E-state index contributed by atoms with van der Waals surface area (Å²) in [5.74, 6) is 2.73. The topological polar surface area (TPSA) is 47.6 Å². The van der Waals surface area contributed by atoms with Crippen LogP contribution in [0.15, 0.2) is 18.2 Å². The molecule has 1 aliphatic carbocycles. The zero-order chi connectivity index (χ0) is 13.1. The van der Waals surface area contributed by atoms with Gasteiger partial charge in [0, 0.05) is 19.4 Å². The molecule has 2 aliphatic rings. The Morgan fingerprint density at radius 3 is 2.79 bits per heavy atom. The van der Waals surface area contributed by atoms with E-state index in [-0.39, 0.29) is 0 Å². The maximum atomic E-state index is 11.2. The minimum Gasteiger partial charge on any atom is -0.454 e. The molecule has 0 unspecified atom stereocenters. The van der Waals surface area contributed by atoms with Crippen molar-refractivity contribution in [2.45, 2.75) is 32.2 Å². The number of fused-ring (bicyclic) bond motifs is 1. The molecule has 102 valence electrons. The van der Waals surface area contributed by atoms with Crippen molar-refractivity contribution in [1.82, 2.24) is 5.32 Å². The fourth-order valence-corrected chi connectivity index (χ4v) is 2.68. The second kappa shape index (κ2) is 5.61. The molecule has 1 N–H and O–H groups in total. The number of benzene rings is 1. The molecular weight excluding hydrogens is 242 g/mol. The normalized spacial score (nSPS) is 18.8. The minimum atomic E-state index is 0.322. The van der Waals surface area contributed by atoms with E-state index in [1.807, 2.05) is 12.1 Å². The summed E-state index contributed by atoms with van der Waals surface area (Å²) in [5.41, 5.74) is 1.20. The van der Waals surface area contributed by atoms with Crippen molar-refractivity contribution >= 4 is 5.78 Å². The first kappa shape index (κ1) is 12.5. The predicted molar refractivity (Wildman–Crippen MR) is 71.2 cm³/mol. The lowest BCUT2D eigenvalue weighted by Gasteiger charge is -2.21. The number of carbonyl (C=O) groups is 1. The maximum absolute atomic E-state index is 11.2. The molecule has 1 saturated carbocycles. The number of Topliss-reactive ketones (excluding diaryl/α,β-unsaturated/α-hetero) is 1. The van der Waals surface area contributed by atoms with Gasteiger partial charge in [-0.1, -0.05) is 6.07 Å². The van der Waals surface area contributed by atoms with Crippen molar-refractivity contribution in [1.29, 1.82) is 0 Å². The van der Waals surface area contributed by atoms with Crippen molar-refractivity contribution in [2.24, 2.45) is 5.92 Å². The second-order valence-corrected chi connectivity index (χ2v) is 5.30. The van der Waals surface area contributed by atoms with E-state index >= 15 is 0 Å². The summed E-state index contributed by atoms with van der Waals surface area (Å²) >= 11 is 0. The van der Waals surface area contributed by atoms with Gasteiger partial charge in [0.15, 0.2) is 11.5 Å². The first-order valence-corrected chi connectivity index (χ1v) is 6.92. The summed E-state index contributed by atoms with van der Waals surface area (Å²) in [6.45, 7) is 2.14. The lowest BCUT2D eigenvalue weighted by atomic mass is 9.88. The van der Waals surface area contributed by atoms with E-state index in [1.54, 1.807) is 0 Å². The lowest BCUT2D eigenvalue weighted by molar-refractivity contribution is -0.120. The Bertz CT molecular complexity index is 462. The van der Waals surface area contributed by atoms with Gasteiger partial charge < -0.3 is 14.8 Å². The van der Waals surface area contributed by atoms with Crippen LogP contribution in [0.5, 0.6) is 11.5 Å². The average Bonchev–Trinajstić information content (AvgIpc) is 2.88. The van der Waals surface area contributed by atoms with Crippen molar-refractivity contribution in [3.05, 3.63) is 23.8 Å². The maximum Gasteiger partial charge on any atom is 0.231 e. The quantitative estimate of drug-likeness (QED) is 0.903. The summed E-state index contributed by atoms with van der Waals surface area (Å²) < 4.78 is 10.6. The van der Waals surface area contributed by atoms with Crippen molar-refractivity contribution < 1.29 is 14.3 Å². The minimum absolute atomic E-state index is 0.322. The number of nitrogens with one attached hydrogen (secondary N) is 1. The first-order valence-electron chi connectivity index (χ1n) is 6.92. The molecule has 1 aromatic rings. The first-order chi connectivity index (χ1) is 9.31. The molecule has 0 bridgehead atoms. The Labute approximate surface area is 113 Å². The Hall–Kier alpha value is -1.55. The molecule has 0 spiro atoms.